The van der Waals surface area contributed by atoms with Crippen molar-refractivity contribution in [2.24, 2.45) is 11.8 Å². The Hall–Kier alpha value is -2.93. The highest BCUT2D eigenvalue weighted by Gasteiger charge is 2.60. The van der Waals surface area contributed by atoms with Gasteiger partial charge in [0.25, 0.3) is 5.92 Å². The molecule has 11 heteroatoms. The third-order valence-corrected chi connectivity index (χ3v) is 8.27. The van der Waals surface area contributed by atoms with Gasteiger partial charge in [0.2, 0.25) is 17.7 Å². The average molecular weight is 536 g/mol. The molecule has 4 fully saturated rings. The zero-order valence-electron chi connectivity index (χ0n) is 20.9. The van der Waals surface area contributed by atoms with Gasteiger partial charge in [0.15, 0.2) is 0 Å². The van der Waals surface area contributed by atoms with Crippen molar-refractivity contribution < 1.29 is 23.2 Å². The van der Waals surface area contributed by atoms with Gasteiger partial charge in [0.05, 0.1) is 12.0 Å². The number of hydrogen-bond donors (Lipinski definition) is 3. The summed E-state index contributed by atoms with van der Waals surface area (Å²) in [6, 6.07) is 3.18. The molecule has 0 spiro atoms. The molecule has 3 saturated heterocycles. The van der Waals surface area contributed by atoms with Gasteiger partial charge in [0.1, 0.15) is 18.1 Å². The van der Waals surface area contributed by atoms with Gasteiger partial charge < -0.3 is 20.9 Å². The molecule has 0 aromatic heterocycles. The lowest BCUT2D eigenvalue weighted by atomic mass is 9.71. The molecule has 200 valence electrons. The molecule has 1 aromatic carbocycles. The first-order chi connectivity index (χ1) is 17.5. The number of carbonyl (C=O) groups excluding carboxylic acids is 3. The van der Waals surface area contributed by atoms with Crippen molar-refractivity contribution in [1.29, 1.82) is 5.26 Å². The number of rotatable bonds is 7. The Morgan fingerprint density at radius 2 is 2.08 bits per heavy atom. The Morgan fingerprint density at radius 3 is 2.76 bits per heavy atom. The number of fused-ring (bicyclic) bond motifs is 3. The average Bonchev–Trinajstić information content (AvgIpc) is 2.86. The second-order valence-electron chi connectivity index (χ2n) is 10.3. The smallest absolute Gasteiger partial charge is 0.255 e. The van der Waals surface area contributed by atoms with E-state index in [2.05, 4.69) is 16.0 Å². The quantitative estimate of drug-likeness (QED) is 0.495. The lowest BCUT2D eigenvalue weighted by Crippen LogP contribution is -2.70. The van der Waals surface area contributed by atoms with Crippen LogP contribution in [-0.2, 0) is 14.4 Å². The molecule has 8 nitrogen and oxygen atoms in total. The summed E-state index contributed by atoms with van der Waals surface area (Å²) in [5.41, 5.74) is 1.38. The predicted molar refractivity (Wildman–Crippen MR) is 134 cm³/mol. The van der Waals surface area contributed by atoms with E-state index in [1.165, 1.54) is 4.90 Å². The standard InChI is InChI=1S/C26H32ClF2N5O3/c1-14-20(27)6-3-7-21(14)32-15(2)25(37)34-18-8-9-19(26(28,29)12-18)22(34)24(36)33-17(13-30)11-16-5-4-10-31-23(16)35/h3,6-7,15-19,22,32H,4-5,8-12H2,1-2H3,(H,31,35)(H,33,36)/t15-,16+,17+,18+,19+,22+/m0/s1. The van der Waals surface area contributed by atoms with Gasteiger partial charge in [-0.2, -0.15) is 5.26 Å². The first kappa shape index (κ1) is 27.1. The van der Waals surface area contributed by atoms with Crippen LogP contribution in [0.25, 0.3) is 0 Å². The monoisotopic (exact) mass is 535 g/mol. The van der Waals surface area contributed by atoms with Crippen LogP contribution in [0.3, 0.4) is 0 Å². The van der Waals surface area contributed by atoms with Gasteiger partial charge in [-0.25, -0.2) is 8.78 Å². The largest absolute Gasteiger partial charge is 0.374 e. The highest BCUT2D eigenvalue weighted by atomic mass is 35.5. The van der Waals surface area contributed by atoms with Crippen LogP contribution >= 0.6 is 11.6 Å². The summed E-state index contributed by atoms with van der Waals surface area (Å²) in [6.45, 7) is 3.99. The Kier molecular flexibility index (Phi) is 7.93. The van der Waals surface area contributed by atoms with Crippen LogP contribution < -0.4 is 16.0 Å². The number of nitriles is 1. The van der Waals surface area contributed by atoms with Gasteiger partial charge >= 0.3 is 0 Å². The maximum Gasteiger partial charge on any atom is 0.255 e. The molecule has 3 aliphatic heterocycles. The topological polar surface area (TPSA) is 114 Å². The van der Waals surface area contributed by atoms with Crippen molar-refractivity contribution in [1.82, 2.24) is 15.5 Å². The van der Waals surface area contributed by atoms with E-state index in [1.54, 1.807) is 32.0 Å². The van der Waals surface area contributed by atoms with Crippen LogP contribution in [0.4, 0.5) is 14.5 Å². The summed E-state index contributed by atoms with van der Waals surface area (Å²) in [7, 11) is 0. The second kappa shape index (κ2) is 10.8. The van der Waals surface area contributed by atoms with E-state index < -0.39 is 60.2 Å². The first-order valence-electron chi connectivity index (χ1n) is 12.7. The summed E-state index contributed by atoms with van der Waals surface area (Å²) in [5, 5.41) is 18.6. The number of hydrogen-bond acceptors (Lipinski definition) is 5. The minimum atomic E-state index is -3.10. The maximum atomic E-state index is 15.0. The molecular weight excluding hydrogens is 504 g/mol. The van der Waals surface area contributed by atoms with Crippen molar-refractivity contribution in [2.75, 3.05) is 11.9 Å². The summed E-state index contributed by atoms with van der Waals surface area (Å²) in [5.74, 6) is -6.32. The summed E-state index contributed by atoms with van der Waals surface area (Å²) >= 11 is 6.19. The molecule has 0 radical (unpaired) electrons. The lowest BCUT2D eigenvalue weighted by molar-refractivity contribution is -0.194. The molecule has 3 N–H and O–H groups in total. The lowest BCUT2D eigenvalue weighted by Gasteiger charge is -2.54. The highest BCUT2D eigenvalue weighted by Crippen LogP contribution is 2.49. The van der Waals surface area contributed by atoms with Crippen LogP contribution in [0.15, 0.2) is 18.2 Å². The third kappa shape index (κ3) is 5.52. The normalized spacial score (nSPS) is 28.0. The number of anilines is 1. The van der Waals surface area contributed by atoms with Crippen LogP contribution in [0.5, 0.6) is 0 Å². The Morgan fingerprint density at radius 1 is 1.32 bits per heavy atom. The number of benzene rings is 1. The number of piperidine rings is 3. The van der Waals surface area contributed by atoms with Crippen molar-refractivity contribution in [2.45, 2.75) is 82.5 Å². The van der Waals surface area contributed by atoms with Crippen molar-refractivity contribution in [3.8, 4) is 6.07 Å². The summed E-state index contributed by atoms with van der Waals surface area (Å²) < 4.78 is 29.9. The number of amides is 3. The fourth-order valence-electron chi connectivity index (χ4n) is 5.85. The molecule has 3 amide bonds. The van der Waals surface area contributed by atoms with Gasteiger partial charge in [-0.15, -0.1) is 0 Å². The number of halogens is 3. The van der Waals surface area contributed by atoms with Crippen molar-refractivity contribution in [3.63, 3.8) is 0 Å². The molecular formula is C26H32ClF2N5O3. The van der Waals surface area contributed by atoms with Crippen molar-refractivity contribution >= 4 is 35.0 Å². The molecule has 3 heterocycles. The van der Waals surface area contributed by atoms with Gasteiger partial charge in [-0.1, -0.05) is 17.7 Å². The van der Waals surface area contributed by atoms with E-state index in [0.717, 1.165) is 12.0 Å². The van der Waals surface area contributed by atoms with E-state index >= 15 is 0 Å². The Bertz CT molecular complexity index is 1110. The maximum absolute atomic E-state index is 15.0. The van der Waals surface area contributed by atoms with E-state index in [9.17, 15) is 28.4 Å². The summed E-state index contributed by atoms with van der Waals surface area (Å²) in [4.78, 5) is 40.5. The molecule has 1 saturated carbocycles. The van der Waals surface area contributed by atoms with E-state index in [-0.39, 0.29) is 18.7 Å². The highest BCUT2D eigenvalue weighted by molar-refractivity contribution is 6.31. The predicted octanol–water partition coefficient (Wildman–Crippen LogP) is 3.39. The number of nitrogens with one attached hydrogen (secondary N) is 3. The van der Waals surface area contributed by atoms with Gasteiger partial charge in [-0.05, 0) is 63.6 Å². The zero-order valence-corrected chi connectivity index (χ0v) is 21.7. The van der Waals surface area contributed by atoms with Gasteiger partial charge in [-0.3, -0.25) is 14.4 Å². The second-order valence-corrected chi connectivity index (χ2v) is 10.7. The fraction of sp³-hybridized carbons (Fsp3) is 0.615. The van der Waals surface area contributed by atoms with Crippen molar-refractivity contribution in [3.05, 3.63) is 28.8 Å². The number of carbonyl (C=O) groups is 3. The minimum Gasteiger partial charge on any atom is -0.374 e. The SMILES string of the molecule is Cc1c(Cl)cccc1N[C@@H](C)C(=O)N1[C@@H]2CC[C@H]([C@@H]1C(=O)N[C@@H](C#N)C[C@H]1CCCNC1=O)C(F)(F)C2. The van der Waals surface area contributed by atoms with Crippen LogP contribution in [-0.4, -0.2) is 59.3 Å². The number of nitrogens with zero attached hydrogens (tertiary/aromatic N) is 2. The zero-order chi connectivity index (χ0) is 26.9. The van der Waals surface area contributed by atoms with E-state index in [4.69, 9.17) is 11.6 Å². The van der Waals surface area contributed by atoms with Crippen LogP contribution in [0.2, 0.25) is 5.02 Å². The molecule has 6 atom stereocenters. The molecule has 4 aliphatic rings. The van der Waals surface area contributed by atoms with Crippen LogP contribution in [0.1, 0.15) is 51.0 Å². The number of alkyl halides is 2. The molecule has 1 aromatic rings. The molecule has 0 unspecified atom stereocenters. The third-order valence-electron chi connectivity index (χ3n) is 7.86. The van der Waals surface area contributed by atoms with E-state index in [0.29, 0.717) is 30.1 Å². The van der Waals surface area contributed by atoms with Crippen LogP contribution in [0, 0.1) is 30.1 Å². The van der Waals surface area contributed by atoms with E-state index in [1.807, 2.05) is 6.07 Å². The minimum absolute atomic E-state index is 0.0885. The Balaban J connectivity index is 1.54. The van der Waals surface area contributed by atoms with Gasteiger partial charge in [0, 0.05) is 35.6 Å². The summed E-state index contributed by atoms with van der Waals surface area (Å²) in [6.07, 6.45) is 1.42. The first-order valence-corrected chi connectivity index (χ1v) is 13.1. The molecule has 37 heavy (non-hydrogen) atoms. The molecule has 5 rings (SSSR count). The Labute approximate surface area is 220 Å². The molecule has 2 bridgehead atoms. The molecule has 1 aliphatic carbocycles. The fourth-order valence-corrected chi connectivity index (χ4v) is 6.03.